The average molecular weight is 264 g/mol. The van der Waals surface area contributed by atoms with Gasteiger partial charge in [0.1, 0.15) is 0 Å². The summed E-state index contributed by atoms with van der Waals surface area (Å²) in [4.78, 5) is 12.7. The number of unbranched alkanes of at least 4 members (excludes halogenated alkanes) is 1. The first-order valence-electron chi connectivity index (χ1n) is 7.52. The predicted molar refractivity (Wildman–Crippen MR) is 82.9 cm³/mol. The summed E-state index contributed by atoms with van der Waals surface area (Å²) in [5, 5.41) is 0. The summed E-state index contributed by atoms with van der Waals surface area (Å²) in [6.45, 7) is 2.18. The van der Waals surface area contributed by atoms with Crippen molar-refractivity contribution in [3.63, 3.8) is 0 Å². The van der Waals surface area contributed by atoms with Crippen molar-refractivity contribution in [1.82, 2.24) is 0 Å². The van der Waals surface area contributed by atoms with Crippen molar-refractivity contribution in [3.8, 4) is 11.1 Å². The quantitative estimate of drug-likeness (QED) is 0.767. The Bertz CT molecular complexity index is 613. The van der Waals surface area contributed by atoms with Gasteiger partial charge in [0, 0.05) is 11.5 Å². The number of rotatable bonds is 4. The van der Waals surface area contributed by atoms with Crippen molar-refractivity contribution < 1.29 is 4.79 Å². The minimum atomic E-state index is 0.204. The minimum Gasteiger partial charge on any atom is -0.294 e. The molecule has 20 heavy (non-hydrogen) atoms. The van der Waals surface area contributed by atoms with E-state index in [9.17, 15) is 4.79 Å². The van der Waals surface area contributed by atoms with E-state index in [1.54, 1.807) is 0 Å². The zero-order valence-electron chi connectivity index (χ0n) is 11.9. The van der Waals surface area contributed by atoms with E-state index in [-0.39, 0.29) is 5.92 Å². The second kappa shape index (κ2) is 5.62. The Hall–Kier alpha value is -1.89. The first-order valence-corrected chi connectivity index (χ1v) is 7.52. The maximum absolute atomic E-state index is 12.7. The van der Waals surface area contributed by atoms with E-state index >= 15 is 0 Å². The van der Waals surface area contributed by atoms with Crippen LogP contribution in [0.4, 0.5) is 0 Å². The van der Waals surface area contributed by atoms with Crippen LogP contribution in [0.3, 0.4) is 0 Å². The number of carbonyl (C=O) groups is 1. The smallest absolute Gasteiger partial charge is 0.167 e. The van der Waals surface area contributed by atoms with Crippen LogP contribution in [0.25, 0.3) is 11.1 Å². The molecule has 0 spiro atoms. The van der Waals surface area contributed by atoms with Gasteiger partial charge in [-0.3, -0.25) is 4.79 Å². The highest BCUT2D eigenvalue weighted by atomic mass is 16.1. The summed E-state index contributed by atoms with van der Waals surface area (Å²) < 4.78 is 0. The van der Waals surface area contributed by atoms with Crippen LogP contribution in [0.2, 0.25) is 0 Å². The topological polar surface area (TPSA) is 17.1 Å². The molecular formula is C19H20O. The second-order valence-electron chi connectivity index (χ2n) is 5.61. The molecule has 1 atom stereocenters. The molecule has 0 bridgehead atoms. The second-order valence-corrected chi connectivity index (χ2v) is 5.61. The molecule has 0 radical (unpaired) electrons. The van der Waals surface area contributed by atoms with Crippen molar-refractivity contribution in [3.05, 3.63) is 59.7 Å². The molecule has 1 aliphatic carbocycles. The number of hydrogen-bond acceptors (Lipinski definition) is 1. The van der Waals surface area contributed by atoms with E-state index in [1.807, 2.05) is 18.2 Å². The normalized spacial score (nSPS) is 17.2. The fourth-order valence-electron chi connectivity index (χ4n) is 3.17. The van der Waals surface area contributed by atoms with Crippen LogP contribution < -0.4 is 0 Å². The molecule has 1 heteroatoms. The molecule has 0 heterocycles. The Kier molecular flexibility index (Phi) is 3.68. The monoisotopic (exact) mass is 264 g/mol. The highest BCUT2D eigenvalue weighted by Gasteiger charge is 2.31. The van der Waals surface area contributed by atoms with Crippen LogP contribution in [-0.2, 0) is 6.42 Å². The lowest BCUT2D eigenvalue weighted by molar-refractivity contribution is 0.0930. The van der Waals surface area contributed by atoms with Crippen molar-refractivity contribution in [2.75, 3.05) is 0 Å². The van der Waals surface area contributed by atoms with Gasteiger partial charge in [0.05, 0.1) is 0 Å². The van der Waals surface area contributed by atoms with Gasteiger partial charge in [-0.15, -0.1) is 0 Å². The molecule has 0 N–H and O–H groups in total. The van der Waals surface area contributed by atoms with E-state index in [0.717, 1.165) is 42.4 Å². The Balaban J connectivity index is 1.99. The largest absolute Gasteiger partial charge is 0.294 e. The molecule has 1 unspecified atom stereocenters. The van der Waals surface area contributed by atoms with E-state index in [2.05, 4.69) is 37.3 Å². The first-order chi connectivity index (χ1) is 9.81. The Morgan fingerprint density at radius 1 is 1.05 bits per heavy atom. The molecular weight excluding hydrogens is 244 g/mol. The SMILES string of the molecule is CCCCC1Cc2cccc(-c3ccccc3)c2C1=O. The fraction of sp³-hybridized carbons (Fsp3) is 0.316. The van der Waals surface area contributed by atoms with Gasteiger partial charge in [-0.05, 0) is 29.5 Å². The maximum atomic E-state index is 12.7. The number of fused-ring (bicyclic) bond motifs is 1. The van der Waals surface area contributed by atoms with Crippen LogP contribution in [0.1, 0.15) is 42.1 Å². The standard InChI is InChI=1S/C19H20O/c1-2-3-8-16-13-15-11-7-12-17(18(15)19(16)20)14-9-5-4-6-10-14/h4-7,9-12,16H,2-3,8,13H2,1H3. The van der Waals surface area contributed by atoms with E-state index < -0.39 is 0 Å². The predicted octanol–water partition coefficient (Wildman–Crippen LogP) is 4.90. The molecule has 102 valence electrons. The van der Waals surface area contributed by atoms with Gasteiger partial charge in [0.15, 0.2) is 5.78 Å². The zero-order valence-corrected chi connectivity index (χ0v) is 11.9. The van der Waals surface area contributed by atoms with Crippen molar-refractivity contribution in [1.29, 1.82) is 0 Å². The summed E-state index contributed by atoms with van der Waals surface area (Å²) in [5.41, 5.74) is 4.46. The van der Waals surface area contributed by atoms with Gasteiger partial charge < -0.3 is 0 Å². The van der Waals surface area contributed by atoms with E-state index in [1.165, 1.54) is 5.56 Å². The molecule has 0 aromatic heterocycles. The molecule has 1 aliphatic rings. The molecule has 0 aliphatic heterocycles. The third kappa shape index (κ3) is 2.29. The number of hydrogen-bond donors (Lipinski definition) is 0. The number of ketones is 1. The Labute approximate surface area is 120 Å². The molecule has 1 nitrogen and oxygen atoms in total. The number of carbonyl (C=O) groups excluding carboxylic acids is 1. The molecule has 2 aromatic carbocycles. The molecule has 0 saturated carbocycles. The zero-order chi connectivity index (χ0) is 13.9. The van der Waals surface area contributed by atoms with E-state index in [0.29, 0.717) is 5.78 Å². The van der Waals surface area contributed by atoms with Crippen LogP contribution in [-0.4, -0.2) is 5.78 Å². The molecule has 0 saturated heterocycles. The summed E-state index contributed by atoms with van der Waals surface area (Å²) in [6, 6.07) is 16.5. The van der Waals surface area contributed by atoms with Crippen molar-refractivity contribution in [2.45, 2.75) is 32.6 Å². The van der Waals surface area contributed by atoms with Crippen LogP contribution in [0.15, 0.2) is 48.5 Å². The van der Waals surface area contributed by atoms with Gasteiger partial charge >= 0.3 is 0 Å². The van der Waals surface area contributed by atoms with Crippen LogP contribution >= 0.6 is 0 Å². The fourth-order valence-corrected chi connectivity index (χ4v) is 3.17. The lowest BCUT2D eigenvalue weighted by Crippen LogP contribution is -2.09. The first kappa shape index (κ1) is 13.1. The van der Waals surface area contributed by atoms with Crippen LogP contribution in [0, 0.1) is 5.92 Å². The summed E-state index contributed by atoms with van der Waals surface area (Å²) in [5.74, 6) is 0.558. The average Bonchev–Trinajstić information content (AvgIpc) is 2.82. The van der Waals surface area contributed by atoms with Crippen molar-refractivity contribution >= 4 is 5.78 Å². The lowest BCUT2D eigenvalue weighted by Gasteiger charge is -2.08. The molecule has 3 rings (SSSR count). The summed E-state index contributed by atoms with van der Waals surface area (Å²) >= 11 is 0. The molecule has 0 amide bonds. The maximum Gasteiger partial charge on any atom is 0.167 e. The van der Waals surface area contributed by atoms with Gasteiger partial charge in [-0.1, -0.05) is 68.3 Å². The highest BCUT2D eigenvalue weighted by Crippen LogP contribution is 2.36. The summed E-state index contributed by atoms with van der Waals surface area (Å²) in [7, 11) is 0. The van der Waals surface area contributed by atoms with Gasteiger partial charge in [0.2, 0.25) is 0 Å². The summed E-state index contributed by atoms with van der Waals surface area (Å²) in [6.07, 6.45) is 4.25. The van der Waals surface area contributed by atoms with Crippen LogP contribution in [0.5, 0.6) is 0 Å². The van der Waals surface area contributed by atoms with Gasteiger partial charge in [0.25, 0.3) is 0 Å². The lowest BCUT2D eigenvalue weighted by atomic mass is 9.94. The Morgan fingerprint density at radius 2 is 1.85 bits per heavy atom. The van der Waals surface area contributed by atoms with E-state index in [4.69, 9.17) is 0 Å². The van der Waals surface area contributed by atoms with Gasteiger partial charge in [-0.25, -0.2) is 0 Å². The van der Waals surface area contributed by atoms with Crippen molar-refractivity contribution in [2.24, 2.45) is 5.92 Å². The third-order valence-corrected chi connectivity index (χ3v) is 4.23. The Morgan fingerprint density at radius 3 is 2.60 bits per heavy atom. The number of benzene rings is 2. The van der Waals surface area contributed by atoms with Gasteiger partial charge in [-0.2, -0.15) is 0 Å². The highest BCUT2D eigenvalue weighted by molar-refractivity contribution is 6.07. The number of Topliss-reactive ketones (excluding diaryl/α,β-unsaturated/α-hetero) is 1. The molecule has 2 aromatic rings. The third-order valence-electron chi connectivity index (χ3n) is 4.23. The molecule has 0 fully saturated rings. The minimum absolute atomic E-state index is 0.204.